The number of aliphatic carboxylic acids is 1. The average Bonchev–Trinajstić information content (AvgIpc) is 2.78. The van der Waals surface area contributed by atoms with E-state index >= 15 is 0 Å². The number of nitrogens with one attached hydrogen (secondary N) is 3. The number of carboxylic acid groups (broad SMARTS) is 1. The molecule has 1 amide bonds. The van der Waals surface area contributed by atoms with Gasteiger partial charge in [-0.1, -0.05) is 30.7 Å². The van der Waals surface area contributed by atoms with Crippen LogP contribution in [0.25, 0.3) is 0 Å². The van der Waals surface area contributed by atoms with E-state index in [1.54, 1.807) is 36.4 Å². The first-order valence-electron chi connectivity index (χ1n) is 9.89. The molecule has 0 saturated heterocycles. The van der Waals surface area contributed by atoms with Gasteiger partial charge < -0.3 is 21.1 Å². The molecule has 0 unspecified atom stereocenters. The summed E-state index contributed by atoms with van der Waals surface area (Å²) in [5.74, 6) is -1.59. The maximum absolute atomic E-state index is 12.3. The zero-order valence-electron chi connectivity index (χ0n) is 17.1. The van der Waals surface area contributed by atoms with Crippen molar-refractivity contribution in [2.45, 2.75) is 25.8 Å². The predicted octanol–water partition coefficient (Wildman–Crippen LogP) is 2.51. The largest absolute Gasteiger partial charge is 0.480 e. The summed E-state index contributed by atoms with van der Waals surface area (Å²) in [5, 5.41) is 17.9. The maximum Gasteiger partial charge on any atom is 0.326 e. The standard InChI is InChI=1S/C22H21ClN4O5/c1-2-9-24-16-17(19(29)18(16)28)27-15(22(31)32)11-12-5-7-13(8-6-12)26-21(30)14-4-3-10-25-20(14)23/h3-8,10,15,24,27H,2,9,11H2,1H3,(H,26,30)(H,31,32)/t15-/m0/s1. The minimum atomic E-state index is -1.16. The minimum Gasteiger partial charge on any atom is -0.480 e. The number of anilines is 3. The van der Waals surface area contributed by atoms with Gasteiger partial charge in [0.1, 0.15) is 22.6 Å². The molecule has 1 atom stereocenters. The number of halogens is 1. The number of hydrogen-bond acceptors (Lipinski definition) is 7. The fourth-order valence-corrected chi connectivity index (χ4v) is 3.24. The number of hydrogen-bond donors (Lipinski definition) is 4. The van der Waals surface area contributed by atoms with Crippen LogP contribution in [0.5, 0.6) is 0 Å². The van der Waals surface area contributed by atoms with Gasteiger partial charge in [0, 0.05) is 24.8 Å². The minimum absolute atomic E-state index is 0.00640. The first-order chi connectivity index (χ1) is 15.3. The molecule has 0 saturated carbocycles. The lowest BCUT2D eigenvalue weighted by molar-refractivity contribution is -0.137. The van der Waals surface area contributed by atoms with Crippen molar-refractivity contribution in [2.75, 3.05) is 22.5 Å². The Bertz CT molecular complexity index is 1200. The first kappa shape index (κ1) is 23.0. The van der Waals surface area contributed by atoms with Gasteiger partial charge >= 0.3 is 5.97 Å². The molecule has 0 spiro atoms. The van der Waals surface area contributed by atoms with E-state index in [0.29, 0.717) is 17.8 Å². The van der Waals surface area contributed by atoms with Crippen LogP contribution in [0.3, 0.4) is 0 Å². The van der Waals surface area contributed by atoms with E-state index < -0.39 is 28.8 Å². The Morgan fingerprint density at radius 2 is 1.78 bits per heavy atom. The summed E-state index contributed by atoms with van der Waals surface area (Å²) in [6, 6.07) is 8.61. The highest BCUT2D eigenvalue weighted by atomic mass is 35.5. The molecule has 0 aliphatic heterocycles. The summed E-state index contributed by atoms with van der Waals surface area (Å²) in [4.78, 5) is 51.5. The van der Waals surface area contributed by atoms with Gasteiger partial charge in [-0.05, 0) is 36.2 Å². The second kappa shape index (κ2) is 10.1. The van der Waals surface area contributed by atoms with Gasteiger partial charge in [0.05, 0.1) is 5.56 Å². The number of pyridine rings is 1. The van der Waals surface area contributed by atoms with Crippen molar-refractivity contribution in [3.05, 3.63) is 79.3 Å². The smallest absolute Gasteiger partial charge is 0.326 e. The number of carboxylic acids is 1. The van der Waals surface area contributed by atoms with Crippen LogP contribution < -0.4 is 26.8 Å². The molecule has 10 heteroatoms. The third-order valence-electron chi connectivity index (χ3n) is 4.73. The van der Waals surface area contributed by atoms with E-state index in [1.807, 2.05) is 6.92 Å². The van der Waals surface area contributed by atoms with E-state index in [-0.39, 0.29) is 28.5 Å². The molecule has 166 valence electrons. The molecule has 4 N–H and O–H groups in total. The van der Waals surface area contributed by atoms with Crippen LogP contribution in [0.15, 0.2) is 52.2 Å². The van der Waals surface area contributed by atoms with Crippen LogP contribution >= 0.6 is 11.6 Å². The summed E-state index contributed by atoms with van der Waals surface area (Å²) >= 11 is 5.93. The van der Waals surface area contributed by atoms with E-state index in [2.05, 4.69) is 20.9 Å². The van der Waals surface area contributed by atoms with Gasteiger partial charge in [0.2, 0.25) is 0 Å². The molecule has 1 aromatic heterocycles. The fourth-order valence-electron chi connectivity index (χ4n) is 3.04. The van der Waals surface area contributed by atoms with Crippen LogP contribution in [-0.2, 0) is 11.2 Å². The molecule has 0 bridgehead atoms. The van der Waals surface area contributed by atoms with Crippen molar-refractivity contribution < 1.29 is 14.7 Å². The van der Waals surface area contributed by atoms with Crippen LogP contribution in [0, 0.1) is 0 Å². The number of carbonyl (C=O) groups excluding carboxylic acids is 1. The lowest BCUT2D eigenvalue weighted by Gasteiger charge is -2.20. The lowest BCUT2D eigenvalue weighted by Crippen LogP contribution is -2.42. The molecular weight excluding hydrogens is 436 g/mol. The highest BCUT2D eigenvalue weighted by Crippen LogP contribution is 2.19. The Morgan fingerprint density at radius 1 is 1.09 bits per heavy atom. The quantitative estimate of drug-likeness (QED) is 0.270. The van der Waals surface area contributed by atoms with E-state index in [1.165, 1.54) is 6.20 Å². The third kappa shape index (κ3) is 5.12. The molecule has 3 aromatic rings. The highest BCUT2D eigenvalue weighted by Gasteiger charge is 2.26. The fraction of sp³-hybridized carbons (Fsp3) is 0.227. The molecule has 32 heavy (non-hydrogen) atoms. The van der Waals surface area contributed by atoms with Gasteiger partial charge in [0.25, 0.3) is 16.8 Å². The topological polar surface area (TPSA) is 137 Å². The number of rotatable bonds is 10. The highest BCUT2D eigenvalue weighted by molar-refractivity contribution is 6.33. The van der Waals surface area contributed by atoms with Gasteiger partial charge in [0.15, 0.2) is 0 Å². The second-order valence-electron chi connectivity index (χ2n) is 7.07. The number of aromatic nitrogens is 1. The number of amides is 1. The van der Waals surface area contributed by atoms with Gasteiger partial charge in [-0.2, -0.15) is 0 Å². The summed E-state index contributed by atoms with van der Waals surface area (Å²) in [6.45, 7) is 2.40. The first-order valence-corrected chi connectivity index (χ1v) is 10.3. The number of benzene rings is 1. The van der Waals surface area contributed by atoms with Gasteiger partial charge in [-0.15, -0.1) is 0 Å². The lowest BCUT2D eigenvalue weighted by atomic mass is 10.0. The molecular formula is C22H21ClN4O5. The average molecular weight is 457 g/mol. The van der Waals surface area contributed by atoms with Crippen molar-refractivity contribution in [1.82, 2.24) is 4.98 Å². The SMILES string of the molecule is CCCNc1c(N[C@@H](Cc2ccc(NC(=O)c3cccnc3Cl)cc2)C(=O)O)c(=O)c1=O. The van der Waals surface area contributed by atoms with Crippen molar-refractivity contribution in [3.8, 4) is 0 Å². The van der Waals surface area contributed by atoms with Crippen molar-refractivity contribution in [2.24, 2.45) is 0 Å². The zero-order valence-corrected chi connectivity index (χ0v) is 17.9. The number of nitrogens with zero attached hydrogens (tertiary/aromatic N) is 1. The monoisotopic (exact) mass is 456 g/mol. The summed E-state index contributed by atoms with van der Waals surface area (Å²) in [6.07, 6.45) is 2.28. The molecule has 0 aliphatic carbocycles. The van der Waals surface area contributed by atoms with Crippen molar-refractivity contribution >= 4 is 40.5 Å². The zero-order chi connectivity index (χ0) is 23.3. The normalized spacial score (nSPS) is 11.7. The summed E-state index contributed by atoms with van der Waals surface area (Å²) in [7, 11) is 0. The van der Waals surface area contributed by atoms with Gasteiger partial charge in [-0.25, -0.2) is 9.78 Å². The Balaban J connectivity index is 1.68. The molecule has 0 radical (unpaired) electrons. The second-order valence-corrected chi connectivity index (χ2v) is 7.43. The van der Waals surface area contributed by atoms with Crippen LogP contribution in [-0.4, -0.2) is 34.6 Å². The summed E-state index contributed by atoms with van der Waals surface area (Å²) < 4.78 is 0. The predicted molar refractivity (Wildman–Crippen MR) is 123 cm³/mol. The van der Waals surface area contributed by atoms with Crippen molar-refractivity contribution in [1.29, 1.82) is 0 Å². The maximum atomic E-state index is 12.3. The van der Waals surface area contributed by atoms with Crippen molar-refractivity contribution in [3.63, 3.8) is 0 Å². The molecule has 9 nitrogen and oxygen atoms in total. The van der Waals surface area contributed by atoms with Crippen LogP contribution in [0.4, 0.5) is 17.1 Å². The Kier molecular flexibility index (Phi) is 7.21. The number of carbonyl (C=O) groups is 2. The Labute approximate surface area is 188 Å². The molecule has 2 aromatic carbocycles. The molecule has 3 rings (SSSR count). The van der Waals surface area contributed by atoms with Crippen LogP contribution in [0.2, 0.25) is 5.15 Å². The molecule has 1 heterocycles. The van der Waals surface area contributed by atoms with Gasteiger partial charge in [-0.3, -0.25) is 14.4 Å². The van der Waals surface area contributed by atoms with E-state index in [0.717, 1.165) is 6.42 Å². The molecule has 0 aliphatic rings. The Hall–Kier alpha value is -3.72. The Morgan fingerprint density at radius 3 is 2.41 bits per heavy atom. The van der Waals surface area contributed by atoms with E-state index in [4.69, 9.17) is 11.6 Å². The van der Waals surface area contributed by atoms with Crippen LogP contribution in [0.1, 0.15) is 29.3 Å². The summed E-state index contributed by atoms with van der Waals surface area (Å²) in [5.41, 5.74) is 0.106. The molecule has 0 fully saturated rings. The van der Waals surface area contributed by atoms with E-state index in [9.17, 15) is 24.3 Å². The third-order valence-corrected chi connectivity index (χ3v) is 5.04.